The molecule has 0 aliphatic rings. The Bertz CT molecular complexity index is 173. The summed E-state index contributed by atoms with van der Waals surface area (Å²) in [6, 6.07) is 0. The van der Waals surface area contributed by atoms with Crippen LogP contribution in [0.4, 0.5) is 0 Å². The molecule has 0 atom stereocenters. The Morgan fingerprint density at radius 1 is 1.20 bits per heavy atom. The van der Waals surface area contributed by atoms with Crippen LogP contribution in [0.25, 0.3) is 0 Å². The topological polar surface area (TPSA) is 29.1 Å². The van der Waals surface area contributed by atoms with Crippen molar-refractivity contribution in [1.29, 1.82) is 0 Å². The molecule has 0 fully saturated rings. The zero-order valence-corrected chi connectivity index (χ0v) is 12.3. The number of nitrogens with one attached hydrogen (secondary N) is 1. The molecule has 0 heterocycles. The Morgan fingerprint density at radius 3 is 2.13 bits per heavy atom. The molecule has 15 heavy (non-hydrogen) atoms. The first-order valence-electron chi connectivity index (χ1n) is 5.81. The van der Waals surface area contributed by atoms with E-state index in [-0.39, 0.29) is 5.91 Å². The number of quaternary nitrogens is 1. The van der Waals surface area contributed by atoms with E-state index < -0.39 is 0 Å². The van der Waals surface area contributed by atoms with Gasteiger partial charge in [0.15, 0.2) is 0 Å². The van der Waals surface area contributed by atoms with Crippen LogP contribution in [0.2, 0.25) is 0 Å². The van der Waals surface area contributed by atoms with E-state index >= 15 is 0 Å². The zero-order valence-electron chi connectivity index (χ0n) is 10.2. The second-order valence-corrected chi connectivity index (χ2v) is 4.61. The molecule has 0 bridgehead atoms. The Labute approximate surface area is 107 Å². The number of alkyl halides is 1. The highest BCUT2D eigenvalue weighted by atomic mass is 127. The Morgan fingerprint density at radius 2 is 1.73 bits per heavy atom. The van der Waals surface area contributed by atoms with Gasteiger partial charge in [-0.2, -0.15) is 0 Å². The van der Waals surface area contributed by atoms with Crippen LogP contribution < -0.4 is 5.32 Å². The first kappa shape index (κ1) is 15.2. The summed E-state index contributed by atoms with van der Waals surface area (Å²) in [5.74, 6) is 0.151. The van der Waals surface area contributed by atoms with Crippen LogP contribution in [0.3, 0.4) is 0 Å². The second kappa shape index (κ2) is 8.33. The maximum absolute atomic E-state index is 11.0. The molecule has 0 rings (SSSR count). The van der Waals surface area contributed by atoms with Gasteiger partial charge in [0, 0.05) is 13.0 Å². The molecule has 0 aliphatic carbocycles. The van der Waals surface area contributed by atoms with E-state index in [9.17, 15) is 4.79 Å². The predicted octanol–water partition coefficient (Wildman–Crippen LogP) is 1.80. The molecule has 0 aliphatic heterocycles. The maximum atomic E-state index is 11.0. The molecule has 4 heteroatoms. The molecule has 1 amide bonds. The summed E-state index contributed by atoms with van der Waals surface area (Å²) in [4.78, 5) is 11.0. The van der Waals surface area contributed by atoms with E-state index in [0.717, 1.165) is 13.0 Å². The van der Waals surface area contributed by atoms with E-state index in [1.807, 2.05) is 0 Å². The van der Waals surface area contributed by atoms with Gasteiger partial charge in [0.1, 0.15) is 0 Å². The second-order valence-electron chi connectivity index (χ2n) is 3.85. The number of carbonyl (C=O) groups is 1. The quantitative estimate of drug-likeness (QED) is 0.313. The van der Waals surface area contributed by atoms with E-state index in [1.165, 1.54) is 30.7 Å². The summed E-state index contributed by atoms with van der Waals surface area (Å²) < 4.78 is 1.73. The van der Waals surface area contributed by atoms with Gasteiger partial charge in [0.25, 0.3) is 0 Å². The largest absolute Gasteiger partial charge is 0.355 e. The van der Waals surface area contributed by atoms with Crippen LogP contribution in [0.15, 0.2) is 0 Å². The minimum absolute atomic E-state index is 0.151. The number of rotatable bonds is 8. The molecule has 0 aromatic heterocycles. The van der Waals surface area contributed by atoms with Gasteiger partial charge >= 0.3 is 0 Å². The molecule has 3 nitrogen and oxygen atoms in total. The molecule has 0 saturated heterocycles. The SMILES string of the molecule is CC[N+](CC)(CC)CCCNC(=O)CI. The number of nitrogens with zero attached hydrogens (tertiary/aromatic N) is 1. The van der Waals surface area contributed by atoms with Crippen molar-refractivity contribution in [2.75, 3.05) is 37.2 Å². The van der Waals surface area contributed by atoms with E-state index in [0.29, 0.717) is 4.43 Å². The third-order valence-corrected chi connectivity index (χ3v) is 3.96. The van der Waals surface area contributed by atoms with E-state index in [2.05, 4.69) is 48.7 Å². The number of halogens is 1. The summed E-state index contributed by atoms with van der Waals surface area (Å²) in [5.41, 5.74) is 0. The minimum atomic E-state index is 0.151. The first-order valence-corrected chi connectivity index (χ1v) is 7.34. The lowest BCUT2D eigenvalue weighted by molar-refractivity contribution is -0.923. The number of amides is 1. The fourth-order valence-electron chi connectivity index (χ4n) is 1.83. The van der Waals surface area contributed by atoms with Crippen LogP contribution in [0, 0.1) is 0 Å². The summed E-state index contributed by atoms with van der Waals surface area (Å²) >= 11 is 2.09. The molecule has 90 valence electrons. The molecular weight excluding hydrogens is 303 g/mol. The van der Waals surface area contributed by atoms with Crippen LogP contribution in [-0.2, 0) is 4.79 Å². The summed E-state index contributed by atoms with van der Waals surface area (Å²) in [6.07, 6.45) is 1.08. The predicted molar refractivity (Wildman–Crippen MR) is 73.3 cm³/mol. The summed E-state index contributed by atoms with van der Waals surface area (Å²) in [5, 5.41) is 2.92. The molecular formula is C11H24IN2O+. The average molecular weight is 327 g/mol. The van der Waals surface area contributed by atoms with Crippen molar-refractivity contribution >= 4 is 28.5 Å². The third-order valence-electron chi connectivity index (χ3n) is 3.27. The number of hydrogen-bond acceptors (Lipinski definition) is 1. The molecule has 0 aromatic rings. The Balaban J connectivity index is 3.76. The molecule has 0 radical (unpaired) electrons. The highest BCUT2D eigenvalue weighted by Crippen LogP contribution is 2.06. The fourth-order valence-corrected chi connectivity index (χ4v) is 2.10. The monoisotopic (exact) mass is 327 g/mol. The molecule has 1 N–H and O–H groups in total. The van der Waals surface area contributed by atoms with Gasteiger partial charge in [-0.15, -0.1) is 0 Å². The van der Waals surface area contributed by atoms with Crippen molar-refractivity contribution in [3.63, 3.8) is 0 Å². The third kappa shape index (κ3) is 5.70. The highest BCUT2D eigenvalue weighted by Gasteiger charge is 2.19. The van der Waals surface area contributed by atoms with Crippen LogP contribution in [0.1, 0.15) is 27.2 Å². The van der Waals surface area contributed by atoms with Crippen LogP contribution in [0.5, 0.6) is 0 Å². The lowest BCUT2D eigenvalue weighted by atomic mass is 10.3. The lowest BCUT2D eigenvalue weighted by Gasteiger charge is -2.35. The zero-order chi connectivity index (χ0) is 11.7. The van der Waals surface area contributed by atoms with Gasteiger partial charge in [0.05, 0.1) is 30.6 Å². The van der Waals surface area contributed by atoms with Crippen molar-refractivity contribution in [2.24, 2.45) is 0 Å². The summed E-state index contributed by atoms with van der Waals surface area (Å²) in [6.45, 7) is 12.3. The number of carbonyl (C=O) groups excluding carboxylic acids is 1. The maximum Gasteiger partial charge on any atom is 0.229 e. The van der Waals surface area contributed by atoms with Crippen molar-refractivity contribution in [3.05, 3.63) is 0 Å². The fraction of sp³-hybridized carbons (Fsp3) is 0.909. The lowest BCUT2D eigenvalue weighted by Crippen LogP contribution is -2.48. The van der Waals surface area contributed by atoms with Gasteiger partial charge in [-0.1, -0.05) is 22.6 Å². The van der Waals surface area contributed by atoms with E-state index in [4.69, 9.17) is 0 Å². The van der Waals surface area contributed by atoms with Crippen molar-refractivity contribution < 1.29 is 9.28 Å². The molecule has 0 spiro atoms. The van der Waals surface area contributed by atoms with Crippen molar-refractivity contribution in [1.82, 2.24) is 5.32 Å². The van der Waals surface area contributed by atoms with E-state index in [1.54, 1.807) is 0 Å². The highest BCUT2D eigenvalue weighted by molar-refractivity contribution is 14.1. The summed E-state index contributed by atoms with van der Waals surface area (Å²) in [7, 11) is 0. The smallest absolute Gasteiger partial charge is 0.229 e. The van der Waals surface area contributed by atoms with Crippen molar-refractivity contribution in [3.8, 4) is 0 Å². The normalized spacial score (nSPS) is 11.5. The molecule has 0 saturated carbocycles. The van der Waals surface area contributed by atoms with Crippen LogP contribution in [-0.4, -0.2) is 47.5 Å². The average Bonchev–Trinajstić information content (AvgIpc) is 2.30. The van der Waals surface area contributed by atoms with Crippen LogP contribution >= 0.6 is 22.6 Å². The minimum Gasteiger partial charge on any atom is -0.355 e. The van der Waals surface area contributed by atoms with Gasteiger partial charge in [-0.05, 0) is 20.8 Å². The van der Waals surface area contributed by atoms with Gasteiger partial charge < -0.3 is 9.80 Å². The molecule has 0 unspecified atom stereocenters. The van der Waals surface area contributed by atoms with Gasteiger partial charge in [-0.3, -0.25) is 4.79 Å². The standard InChI is InChI=1S/C11H23IN2O/c1-4-14(5-2,6-3)9-7-8-13-11(15)10-12/h4-10H2,1-3H3/p+1. The Kier molecular flexibility index (Phi) is 8.42. The first-order chi connectivity index (χ1) is 7.14. The number of hydrogen-bond donors (Lipinski definition) is 1. The van der Waals surface area contributed by atoms with Gasteiger partial charge in [-0.25, -0.2) is 0 Å². The molecule has 0 aromatic carbocycles. The van der Waals surface area contributed by atoms with Gasteiger partial charge in [0.2, 0.25) is 5.91 Å². The Hall–Kier alpha value is 0.160. The van der Waals surface area contributed by atoms with Crippen molar-refractivity contribution in [2.45, 2.75) is 27.2 Å².